The summed E-state index contributed by atoms with van der Waals surface area (Å²) < 4.78 is 6.89. The molecule has 29 heavy (non-hydrogen) atoms. The number of thioether (sulfide) groups is 2. The number of carbonyl (C=O) groups excluding carboxylic acids is 2. The standard InChI is InChI=1S/C20H17N3O3S3/c1-26-14-8-6-13(7-9-14)12-28-20-22-21-19(29-20)27-11-10-23-17(24)15-4-2-3-5-16(15)18(23)25/h2-9H,10-12H2,1H3. The molecule has 0 fully saturated rings. The van der Waals surface area contributed by atoms with E-state index in [0.717, 1.165) is 20.2 Å². The molecule has 0 saturated heterocycles. The van der Waals surface area contributed by atoms with Crippen LogP contribution in [0.4, 0.5) is 0 Å². The third kappa shape index (κ3) is 4.47. The van der Waals surface area contributed by atoms with Crippen LogP contribution >= 0.6 is 34.9 Å². The van der Waals surface area contributed by atoms with Gasteiger partial charge in [0.25, 0.3) is 11.8 Å². The third-order valence-corrected chi connectivity index (χ3v) is 7.57. The van der Waals surface area contributed by atoms with E-state index in [1.165, 1.54) is 33.6 Å². The van der Waals surface area contributed by atoms with Crippen LogP contribution in [0.3, 0.4) is 0 Å². The smallest absolute Gasteiger partial charge is 0.261 e. The molecule has 2 aromatic carbocycles. The van der Waals surface area contributed by atoms with Gasteiger partial charge in [0.1, 0.15) is 5.75 Å². The van der Waals surface area contributed by atoms with Gasteiger partial charge in [0.15, 0.2) is 8.68 Å². The maximum atomic E-state index is 12.4. The van der Waals surface area contributed by atoms with Crippen LogP contribution in [0, 0.1) is 0 Å². The Morgan fingerprint density at radius 2 is 1.55 bits per heavy atom. The second-order valence-corrected chi connectivity index (χ2v) is 9.67. The number of methoxy groups -OCH3 is 1. The zero-order chi connectivity index (χ0) is 20.2. The lowest BCUT2D eigenvalue weighted by molar-refractivity contribution is 0.0664. The largest absolute Gasteiger partial charge is 0.497 e. The van der Waals surface area contributed by atoms with E-state index < -0.39 is 0 Å². The Bertz CT molecular complexity index is 1000. The zero-order valence-electron chi connectivity index (χ0n) is 15.5. The van der Waals surface area contributed by atoms with E-state index in [4.69, 9.17) is 4.74 Å². The summed E-state index contributed by atoms with van der Waals surface area (Å²) in [5.41, 5.74) is 2.15. The highest BCUT2D eigenvalue weighted by molar-refractivity contribution is 8.02. The number of benzene rings is 2. The Morgan fingerprint density at radius 3 is 2.17 bits per heavy atom. The lowest BCUT2D eigenvalue weighted by Gasteiger charge is -2.12. The zero-order valence-corrected chi connectivity index (χ0v) is 18.0. The number of hydrogen-bond donors (Lipinski definition) is 0. The van der Waals surface area contributed by atoms with Crippen LogP contribution in [0.1, 0.15) is 26.3 Å². The Balaban J connectivity index is 1.27. The van der Waals surface area contributed by atoms with Crippen molar-refractivity contribution < 1.29 is 14.3 Å². The van der Waals surface area contributed by atoms with Crippen molar-refractivity contribution in [1.29, 1.82) is 0 Å². The summed E-state index contributed by atoms with van der Waals surface area (Å²) in [5.74, 6) is 1.78. The second kappa shape index (κ2) is 8.98. The minimum absolute atomic E-state index is 0.223. The summed E-state index contributed by atoms with van der Waals surface area (Å²) >= 11 is 4.66. The van der Waals surface area contributed by atoms with E-state index in [0.29, 0.717) is 23.4 Å². The van der Waals surface area contributed by atoms with E-state index in [1.54, 1.807) is 43.1 Å². The number of carbonyl (C=O) groups is 2. The van der Waals surface area contributed by atoms with Gasteiger partial charge in [-0.05, 0) is 29.8 Å². The van der Waals surface area contributed by atoms with Crippen molar-refractivity contribution in [2.75, 3.05) is 19.4 Å². The molecule has 6 nitrogen and oxygen atoms in total. The quantitative estimate of drug-likeness (QED) is 0.381. The van der Waals surface area contributed by atoms with Gasteiger partial charge >= 0.3 is 0 Å². The Labute approximate surface area is 180 Å². The minimum Gasteiger partial charge on any atom is -0.497 e. The fourth-order valence-corrected chi connectivity index (χ4v) is 5.82. The van der Waals surface area contributed by atoms with Crippen LogP contribution < -0.4 is 4.74 Å². The molecule has 9 heteroatoms. The maximum absolute atomic E-state index is 12.4. The molecule has 0 N–H and O–H groups in total. The van der Waals surface area contributed by atoms with E-state index in [1.807, 2.05) is 24.3 Å². The normalized spacial score (nSPS) is 13.1. The van der Waals surface area contributed by atoms with E-state index >= 15 is 0 Å². The number of amides is 2. The minimum atomic E-state index is -0.223. The van der Waals surface area contributed by atoms with Crippen molar-refractivity contribution in [3.05, 3.63) is 65.2 Å². The molecule has 0 atom stereocenters. The molecule has 1 aliphatic rings. The van der Waals surface area contributed by atoms with Gasteiger partial charge in [-0.2, -0.15) is 0 Å². The molecule has 0 radical (unpaired) electrons. The summed E-state index contributed by atoms with van der Waals surface area (Å²) in [6.45, 7) is 0.352. The molecule has 2 amide bonds. The highest BCUT2D eigenvalue weighted by Crippen LogP contribution is 2.31. The molecule has 148 valence electrons. The van der Waals surface area contributed by atoms with Gasteiger partial charge in [-0.3, -0.25) is 14.5 Å². The number of ether oxygens (including phenoxy) is 1. The maximum Gasteiger partial charge on any atom is 0.261 e. The fraction of sp³-hybridized carbons (Fsp3) is 0.200. The Hall–Kier alpha value is -2.36. The molecule has 0 spiro atoms. The number of rotatable bonds is 8. The van der Waals surface area contributed by atoms with Crippen LogP contribution in [0.25, 0.3) is 0 Å². The third-order valence-electron chi connectivity index (χ3n) is 4.33. The molecule has 2 heterocycles. The van der Waals surface area contributed by atoms with Gasteiger partial charge < -0.3 is 4.74 Å². The van der Waals surface area contributed by atoms with Crippen LogP contribution in [-0.2, 0) is 5.75 Å². The number of nitrogens with zero attached hydrogens (tertiary/aromatic N) is 3. The van der Waals surface area contributed by atoms with Gasteiger partial charge in [0.05, 0.1) is 18.2 Å². The van der Waals surface area contributed by atoms with Gasteiger partial charge in [-0.15, -0.1) is 10.2 Å². The van der Waals surface area contributed by atoms with E-state index in [9.17, 15) is 9.59 Å². The van der Waals surface area contributed by atoms with Crippen molar-refractivity contribution in [3.63, 3.8) is 0 Å². The predicted molar refractivity (Wildman–Crippen MR) is 115 cm³/mol. The first-order valence-corrected chi connectivity index (χ1v) is 11.6. The van der Waals surface area contributed by atoms with Gasteiger partial charge in [-0.1, -0.05) is 59.1 Å². The summed E-state index contributed by atoms with van der Waals surface area (Å²) in [4.78, 5) is 26.0. The number of aromatic nitrogens is 2. The first-order valence-electron chi connectivity index (χ1n) is 8.83. The van der Waals surface area contributed by atoms with Crippen molar-refractivity contribution in [3.8, 4) is 5.75 Å². The molecule has 0 aliphatic carbocycles. The molecule has 0 unspecified atom stereocenters. The predicted octanol–water partition coefficient (Wildman–Crippen LogP) is 4.23. The van der Waals surface area contributed by atoms with Crippen LogP contribution in [0.15, 0.2) is 57.2 Å². The SMILES string of the molecule is COc1ccc(CSc2nnc(SCCN3C(=O)c4ccccc4C3=O)s2)cc1. The first-order chi connectivity index (χ1) is 14.2. The Morgan fingerprint density at radius 1 is 0.931 bits per heavy atom. The molecule has 4 rings (SSSR count). The first kappa shape index (κ1) is 19.9. The highest BCUT2D eigenvalue weighted by atomic mass is 32.2. The molecule has 0 saturated carbocycles. The van der Waals surface area contributed by atoms with E-state index in [-0.39, 0.29) is 11.8 Å². The average Bonchev–Trinajstić information content (AvgIpc) is 3.31. The molecular weight excluding hydrogens is 426 g/mol. The topological polar surface area (TPSA) is 72.4 Å². The van der Waals surface area contributed by atoms with Crippen molar-refractivity contribution in [2.24, 2.45) is 0 Å². The van der Waals surface area contributed by atoms with Crippen LogP contribution in [0.5, 0.6) is 5.75 Å². The van der Waals surface area contributed by atoms with E-state index in [2.05, 4.69) is 10.2 Å². The summed E-state index contributed by atoms with van der Waals surface area (Å²) in [6, 6.07) is 14.9. The highest BCUT2D eigenvalue weighted by Gasteiger charge is 2.34. The summed E-state index contributed by atoms with van der Waals surface area (Å²) in [7, 11) is 1.65. The summed E-state index contributed by atoms with van der Waals surface area (Å²) in [5, 5.41) is 8.42. The molecule has 1 aromatic heterocycles. The lowest BCUT2D eigenvalue weighted by Crippen LogP contribution is -2.31. The number of imide groups is 1. The molecule has 1 aliphatic heterocycles. The molecule has 0 bridgehead atoms. The summed E-state index contributed by atoms with van der Waals surface area (Å²) in [6.07, 6.45) is 0. The van der Waals surface area contributed by atoms with Crippen LogP contribution in [0.2, 0.25) is 0 Å². The number of hydrogen-bond acceptors (Lipinski definition) is 8. The van der Waals surface area contributed by atoms with Gasteiger partial charge in [0, 0.05) is 18.1 Å². The lowest BCUT2D eigenvalue weighted by atomic mass is 10.1. The van der Waals surface area contributed by atoms with Crippen LogP contribution in [-0.4, -0.2) is 46.3 Å². The van der Waals surface area contributed by atoms with Gasteiger partial charge in [-0.25, -0.2) is 0 Å². The number of fused-ring (bicyclic) bond motifs is 1. The van der Waals surface area contributed by atoms with Crippen molar-refractivity contribution in [2.45, 2.75) is 14.4 Å². The van der Waals surface area contributed by atoms with Crippen molar-refractivity contribution >= 4 is 46.7 Å². The molecular formula is C20H17N3O3S3. The second-order valence-electron chi connectivity index (χ2n) is 6.13. The Kier molecular flexibility index (Phi) is 6.17. The molecule has 3 aromatic rings. The monoisotopic (exact) mass is 443 g/mol. The van der Waals surface area contributed by atoms with Gasteiger partial charge in [0.2, 0.25) is 0 Å². The van der Waals surface area contributed by atoms with Crippen molar-refractivity contribution in [1.82, 2.24) is 15.1 Å². The fourth-order valence-electron chi connectivity index (χ4n) is 2.85. The average molecular weight is 444 g/mol.